The molecule has 0 heterocycles. The number of amides is 1. The Morgan fingerprint density at radius 3 is 2.41 bits per heavy atom. The Morgan fingerprint density at radius 1 is 1.35 bits per heavy atom. The van der Waals surface area contributed by atoms with Gasteiger partial charge < -0.3 is 15.8 Å². The maximum atomic E-state index is 11.7. The molecule has 0 saturated carbocycles. The SMILES string of the molecule is COC(=O)[C@@H](C)NC(=O)c1ccc(CN)cc1. The van der Waals surface area contributed by atoms with E-state index >= 15 is 0 Å². The van der Waals surface area contributed by atoms with Crippen molar-refractivity contribution in [3.63, 3.8) is 0 Å². The second-order valence-electron chi connectivity index (χ2n) is 3.62. The molecule has 0 aliphatic heterocycles. The van der Waals surface area contributed by atoms with E-state index in [0.29, 0.717) is 12.1 Å². The molecule has 17 heavy (non-hydrogen) atoms. The summed E-state index contributed by atoms with van der Waals surface area (Å²) >= 11 is 0. The lowest BCUT2D eigenvalue weighted by atomic mass is 10.1. The summed E-state index contributed by atoms with van der Waals surface area (Å²) in [6.07, 6.45) is 0. The van der Waals surface area contributed by atoms with Crippen molar-refractivity contribution in [3.8, 4) is 0 Å². The average molecular weight is 236 g/mol. The molecule has 0 unspecified atom stereocenters. The first kappa shape index (κ1) is 13.2. The van der Waals surface area contributed by atoms with Crippen molar-refractivity contribution in [2.45, 2.75) is 19.5 Å². The van der Waals surface area contributed by atoms with Crippen LogP contribution in [0.4, 0.5) is 0 Å². The third kappa shape index (κ3) is 3.57. The van der Waals surface area contributed by atoms with E-state index in [9.17, 15) is 9.59 Å². The molecule has 0 aromatic heterocycles. The molecule has 0 saturated heterocycles. The van der Waals surface area contributed by atoms with E-state index in [2.05, 4.69) is 10.1 Å². The van der Waals surface area contributed by atoms with Crippen LogP contribution < -0.4 is 11.1 Å². The van der Waals surface area contributed by atoms with Gasteiger partial charge >= 0.3 is 5.97 Å². The van der Waals surface area contributed by atoms with Crippen LogP contribution in [-0.4, -0.2) is 25.0 Å². The highest BCUT2D eigenvalue weighted by Crippen LogP contribution is 2.04. The normalized spacial score (nSPS) is 11.7. The molecule has 1 rings (SSSR count). The van der Waals surface area contributed by atoms with Crippen LogP contribution in [0.5, 0.6) is 0 Å². The second-order valence-corrected chi connectivity index (χ2v) is 3.62. The summed E-state index contributed by atoms with van der Waals surface area (Å²) in [6, 6.07) is 6.22. The summed E-state index contributed by atoms with van der Waals surface area (Å²) in [6.45, 7) is 2.00. The van der Waals surface area contributed by atoms with Gasteiger partial charge in [0.25, 0.3) is 5.91 Å². The van der Waals surface area contributed by atoms with Gasteiger partial charge in [-0.1, -0.05) is 12.1 Å². The predicted octanol–water partition coefficient (Wildman–Crippen LogP) is 0.437. The van der Waals surface area contributed by atoms with Gasteiger partial charge in [-0.2, -0.15) is 0 Å². The standard InChI is InChI=1S/C12H16N2O3/c1-8(12(16)17-2)14-11(15)10-5-3-9(7-13)4-6-10/h3-6,8H,7,13H2,1-2H3,(H,14,15)/t8-/m1/s1. The molecule has 0 aliphatic rings. The fourth-order valence-electron chi connectivity index (χ4n) is 1.31. The first-order valence-corrected chi connectivity index (χ1v) is 5.26. The van der Waals surface area contributed by atoms with Crippen molar-refractivity contribution in [3.05, 3.63) is 35.4 Å². The summed E-state index contributed by atoms with van der Waals surface area (Å²) < 4.78 is 4.52. The molecule has 0 fully saturated rings. The minimum Gasteiger partial charge on any atom is -0.467 e. The summed E-state index contributed by atoms with van der Waals surface area (Å²) in [4.78, 5) is 22.9. The van der Waals surface area contributed by atoms with Gasteiger partial charge in [0, 0.05) is 12.1 Å². The zero-order chi connectivity index (χ0) is 12.8. The molecule has 1 atom stereocenters. The molecule has 92 valence electrons. The van der Waals surface area contributed by atoms with E-state index in [1.165, 1.54) is 7.11 Å². The van der Waals surface area contributed by atoms with Crippen molar-refractivity contribution in [1.82, 2.24) is 5.32 Å². The first-order valence-electron chi connectivity index (χ1n) is 5.26. The number of hydrogen-bond donors (Lipinski definition) is 2. The summed E-state index contributed by atoms with van der Waals surface area (Å²) in [7, 11) is 1.28. The molecule has 0 aliphatic carbocycles. The molecule has 5 nitrogen and oxygen atoms in total. The third-order valence-electron chi connectivity index (χ3n) is 2.35. The summed E-state index contributed by atoms with van der Waals surface area (Å²) in [5.74, 6) is -0.789. The van der Waals surface area contributed by atoms with Crippen LogP contribution in [0.1, 0.15) is 22.8 Å². The van der Waals surface area contributed by atoms with Gasteiger partial charge in [0.1, 0.15) is 6.04 Å². The van der Waals surface area contributed by atoms with Gasteiger partial charge in [-0.3, -0.25) is 4.79 Å². The Morgan fingerprint density at radius 2 is 1.94 bits per heavy atom. The van der Waals surface area contributed by atoms with Gasteiger partial charge in [-0.05, 0) is 24.6 Å². The lowest BCUT2D eigenvalue weighted by Crippen LogP contribution is -2.39. The molecule has 3 N–H and O–H groups in total. The molecule has 0 spiro atoms. The van der Waals surface area contributed by atoms with Crippen molar-refractivity contribution >= 4 is 11.9 Å². The molecular weight excluding hydrogens is 220 g/mol. The van der Waals surface area contributed by atoms with Crippen LogP contribution in [0.15, 0.2) is 24.3 Å². The number of nitrogens with two attached hydrogens (primary N) is 1. The molecule has 5 heteroatoms. The van der Waals surface area contributed by atoms with Crippen LogP contribution in [0.3, 0.4) is 0 Å². The Hall–Kier alpha value is -1.88. The van der Waals surface area contributed by atoms with Crippen molar-refractivity contribution in [2.75, 3.05) is 7.11 Å². The van der Waals surface area contributed by atoms with Crippen LogP contribution in [-0.2, 0) is 16.1 Å². The van der Waals surface area contributed by atoms with Gasteiger partial charge in [0.15, 0.2) is 0 Å². The van der Waals surface area contributed by atoms with Crippen molar-refractivity contribution in [2.24, 2.45) is 5.73 Å². The van der Waals surface area contributed by atoms with Crippen LogP contribution >= 0.6 is 0 Å². The number of carbonyl (C=O) groups excluding carboxylic acids is 2. The average Bonchev–Trinajstić information content (AvgIpc) is 2.37. The first-order chi connectivity index (χ1) is 8.08. The highest BCUT2D eigenvalue weighted by atomic mass is 16.5. The van der Waals surface area contributed by atoms with Gasteiger partial charge in [0.2, 0.25) is 0 Å². The van der Waals surface area contributed by atoms with Gasteiger partial charge in [-0.25, -0.2) is 4.79 Å². The minimum absolute atomic E-state index is 0.313. The minimum atomic E-state index is -0.665. The number of esters is 1. The third-order valence-corrected chi connectivity index (χ3v) is 2.35. The Bertz CT molecular complexity index is 401. The highest BCUT2D eigenvalue weighted by Gasteiger charge is 2.16. The van der Waals surface area contributed by atoms with E-state index < -0.39 is 12.0 Å². The number of ether oxygens (including phenoxy) is 1. The lowest BCUT2D eigenvalue weighted by Gasteiger charge is -2.11. The van der Waals surface area contributed by atoms with E-state index in [-0.39, 0.29) is 5.91 Å². The number of benzene rings is 1. The number of hydrogen-bond acceptors (Lipinski definition) is 4. The van der Waals surface area contributed by atoms with Crippen LogP contribution in [0.2, 0.25) is 0 Å². The number of carbonyl (C=O) groups is 2. The maximum Gasteiger partial charge on any atom is 0.328 e. The molecule has 1 aromatic rings. The highest BCUT2D eigenvalue weighted by molar-refractivity contribution is 5.96. The number of rotatable bonds is 4. The van der Waals surface area contributed by atoms with Gasteiger partial charge in [-0.15, -0.1) is 0 Å². The smallest absolute Gasteiger partial charge is 0.328 e. The fourth-order valence-corrected chi connectivity index (χ4v) is 1.31. The van der Waals surface area contributed by atoms with Crippen molar-refractivity contribution in [1.29, 1.82) is 0 Å². The number of nitrogens with one attached hydrogen (secondary N) is 1. The van der Waals surface area contributed by atoms with E-state index in [1.807, 2.05) is 0 Å². The van der Waals surface area contributed by atoms with E-state index in [4.69, 9.17) is 5.73 Å². The van der Waals surface area contributed by atoms with Crippen LogP contribution in [0, 0.1) is 0 Å². The summed E-state index contributed by atoms with van der Waals surface area (Å²) in [5, 5.41) is 2.54. The second kappa shape index (κ2) is 6.00. The number of methoxy groups -OCH3 is 1. The molecule has 0 radical (unpaired) electrons. The van der Waals surface area contributed by atoms with Crippen molar-refractivity contribution < 1.29 is 14.3 Å². The summed E-state index contributed by atoms with van der Waals surface area (Å²) in [5.41, 5.74) is 6.88. The van der Waals surface area contributed by atoms with E-state index in [0.717, 1.165) is 5.56 Å². The lowest BCUT2D eigenvalue weighted by molar-refractivity contribution is -0.142. The monoisotopic (exact) mass is 236 g/mol. The van der Waals surface area contributed by atoms with Crippen LogP contribution in [0.25, 0.3) is 0 Å². The zero-order valence-corrected chi connectivity index (χ0v) is 9.90. The topological polar surface area (TPSA) is 81.4 Å². The van der Waals surface area contributed by atoms with E-state index in [1.54, 1.807) is 31.2 Å². The zero-order valence-electron chi connectivity index (χ0n) is 9.90. The molecule has 1 amide bonds. The Labute approximate surface area is 99.9 Å². The predicted molar refractivity (Wildman–Crippen MR) is 63.3 cm³/mol. The largest absolute Gasteiger partial charge is 0.467 e. The molecule has 1 aromatic carbocycles. The quantitative estimate of drug-likeness (QED) is 0.743. The van der Waals surface area contributed by atoms with Gasteiger partial charge in [0.05, 0.1) is 7.11 Å². The maximum absolute atomic E-state index is 11.7. The Kier molecular flexibility index (Phi) is 4.66. The molecule has 0 bridgehead atoms. The Balaban J connectivity index is 2.66. The molecular formula is C12H16N2O3. The fraction of sp³-hybridized carbons (Fsp3) is 0.333.